The Morgan fingerprint density at radius 3 is 2.60 bits per heavy atom. The van der Waals surface area contributed by atoms with Gasteiger partial charge in [0, 0.05) is 15.3 Å². The monoisotopic (exact) mass is 319 g/mol. The van der Waals surface area contributed by atoms with E-state index in [0.717, 1.165) is 6.20 Å². The quantitative estimate of drug-likeness (QED) is 0.787. The number of pyridine rings is 1. The molecule has 1 aromatic rings. The van der Waals surface area contributed by atoms with Gasteiger partial charge in [0.15, 0.2) is 0 Å². The molecule has 1 aromatic heterocycles. The number of rotatable bonds is 2. The van der Waals surface area contributed by atoms with Crippen LogP contribution in [0.5, 0.6) is 0 Å². The largest absolute Gasteiger partial charge is 0.281 e. The van der Waals surface area contributed by atoms with E-state index in [2.05, 4.69) is 4.98 Å². The van der Waals surface area contributed by atoms with E-state index in [1.807, 2.05) is 12.1 Å². The van der Waals surface area contributed by atoms with E-state index < -0.39 is 6.43 Å². The maximum atomic E-state index is 12.5. The van der Waals surface area contributed by atoms with Gasteiger partial charge in [-0.2, -0.15) is 10.5 Å². The Morgan fingerprint density at radius 1 is 1.47 bits per heavy atom. The van der Waals surface area contributed by atoms with Gasteiger partial charge in [0.05, 0.1) is 18.1 Å². The molecule has 0 bridgehead atoms. The molecule has 76 valence electrons. The summed E-state index contributed by atoms with van der Waals surface area (Å²) in [5, 5.41) is 17.2. The van der Waals surface area contributed by atoms with Crippen LogP contribution in [0.25, 0.3) is 0 Å². The lowest BCUT2D eigenvalue weighted by atomic mass is 10.1. The maximum absolute atomic E-state index is 12.5. The lowest BCUT2D eigenvalue weighted by Gasteiger charge is -2.07. The molecule has 0 unspecified atom stereocenters. The fourth-order valence-corrected chi connectivity index (χ4v) is 1.90. The first-order valence-corrected chi connectivity index (χ1v) is 4.92. The molecule has 0 N–H and O–H groups in total. The first-order valence-electron chi connectivity index (χ1n) is 3.84. The first kappa shape index (κ1) is 11.8. The second-order valence-corrected chi connectivity index (χ2v) is 3.68. The van der Waals surface area contributed by atoms with Crippen LogP contribution in [-0.4, -0.2) is 4.98 Å². The average molecular weight is 319 g/mol. The summed E-state index contributed by atoms with van der Waals surface area (Å²) in [6.45, 7) is 0. The van der Waals surface area contributed by atoms with E-state index in [9.17, 15) is 8.78 Å². The molecule has 0 amide bonds. The molecule has 0 aliphatic carbocycles. The first-order chi connectivity index (χ1) is 7.11. The molecule has 0 radical (unpaired) electrons. The number of hydrogen-bond donors (Lipinski definition) is 0. The predicted octanol–water partition coefficient (Wildman–Crippen LogP) is 2.56. The molecule has 15 heavy (non-hydrogen) atoms. The Balaban J connectivity index is 3.38. The molecule has 0 spiro atoms. The molecule has 0 aromatic carbocycles. The zero-order chi connectivity index (χ0) is 11.4. The Kier molecular flexibility index (Phi) is 3.92. The molecule has 0 atom stereocenters. The third-order valence-electron chi connectivity index (χ3n) is 1.73. The van der Waals surface area contributed by atoms with Gasteiger partial charge >= 0.3 is 0 Å². The van der Waals surface area contributed by atoms with Gasteiger partial charge in [-0.15, -0.1) is 0 Å². The summed E-state index contributed by atoms with van der Waals surface area (Å²) in [5.74, 6) is 0. The lowest BCUT2D eigenvalue weighted by Crippen LogP contribution is -2.02. The van der Waals surface area contributed by atoms with Crippen LogP contribution in [-0.2, 0) is 6.42 Å². The summed E-state index contributed by atoms with van der Waals surface area (Å²) in [5.41, 5.74) is 0.121. The number of aromatic nitrogens is 1. The van der Waals surface area contributed by atoms with Gasteiger partial charge in [-0.3, -0.25) is 4.98 Å². The van der Waals surface area contributed by atoms with Crippen molar-refractivity contribution in [3.63, 3.8) is 0 Å². The average Bonchev–Trinajstić information content (AvgIpc) is 2.20. The second kappa shape index (κ2) is 4.99. The number of hydrogen-bond acceptors (Lipinski definition) is 3. The van der Waals surface area contributed by atoms with Crippen molar-refractivity contribution in [1.82, 2.24) is 4.98 Å². The van der Waals surface area contributed by atoms with Crippen molar-refractivity contribution in [1.29, 1.82) is 10.5 Å². The topological polar surface area (TPSA) is 60.5 Å². The molecule has 0 aliphatic rings. The second-order valence-electron chi connectivity index (χ2n) is 2.60. The molecule has 1 rings (SSSR count). The molecular weight excluding hydrogens is 315 g/mol. The molecular formula is C9H4F2IN3. The Labute approximate surface area is 98.5 Å². The van der Waals surface area contributed by atoms with Crippen LogP contribution in [0.2, 0.25) is 0 Å². The van der Waals surface area contributed by atoms with E-state index in [4.69, 9.17) is 10.5 Å². The van der Waals surface area contributed by atoms with E-state index in [0.29, 0.717) is 5.56 Å². The number of nitriles is 2. The van der Waals surface area contributed by atoms with Crippen LogP contribution in [0, 0.1) is 26.2 Å². The van der Waals surface area contributed by atoms with Crippen LogP contribution in [0.4, 0.5) is 8.78 Å². The minimum absolute atomic E-state index is 0.0661. The Morgan fingerprint density at radius 2 is 2.13 bits per heavy atom. The molecule has 0 aliphatic heterocycles. The fourth-order valence-electron chi connectivity index (χ4n) is 1.04. The zero-order valence-electron chi connectivity index (χ0n) is 7.34. The highest BCUT2D eigenvalue weighted by Crippen LogP contribution is 2.26. The van der Waals surface area contributed by atoms with Crippen LogP contribution in [0.3, 0.4) is 0 Å². The normalized spacial score (nSPS) is 9.73. The minimum Gasteiger partial charge on any atom is -0.253 e. The zero-order valence-corrected chi connectivity index (χ0v) is 9.49. The van der Waals surface area contributed by atoms with Crippen LogP contribution in [0.15, 0.2) is 6.20 Å². The molecule has 0 saturated heterocycles. The van der Waals surface area contributed by atoms with Crippen molar-refractivity contribution in [2.45, 2.75) is 12.8 Å². The minimum atomic E-state index is -2.69. The number of nitrogens with zero attached hydrogens (tertiary/aromatic N) is 3. The number of halogens is 3. The fraction of sp³-hybridized carbons (Fsp3) is 0.222. The summed E-state index contributed by atoms with van der Waals surface area (Å²) in [7, 11) is 0. The van der Waals surface area contributed by atoms with Crippen molar-refractivity contribution in [3.8, 4) is 12.1 Å². The summed E-state index contributed by atoms with van der Waals surface area (Å²) in [4.78, 5) is 3.50. The SMILES string of the molecule is N#CCc1c(C#N)cnc(C(F)F)c1I. The van der Waals surface area contributed by atoms with E-state index in [1.165, 1.54) is 0 Å². The van der Waals surface area contributed by atoms with Crippen molar-refractivity contribution in [2.75, 3.05) is 0 Å². The van der Waals surface area contributed by atoms with Gasteiger partial charge in [-0.1, -0.05) is 0 Å². The third-order valence-corrected chi connectivity index (χ3v) is 2.93. The Bertz CT molecular complexity index is 460. The summed E-state index contributed by atoms with van der Waals surface area (Å²) >= 11 is 1.68. The highest BCUT2D eigenvalue weighted by Gasteiger charge is 2.18. The van der Waals surface area contributed by atoms with Crippen molar-refractivity contribution in [2.24, 2.45) is 0 Å². The van der Waals surface area contributed by atoms with Gasteiger partial charge in [0.2, 0.25) is 0 Å². The third kappa shape index (κ3) is 2.39. The van der Waals surface area contributed by atoms with Gasteiger partial charge in [0.1, 0.15) is 11.8 Å². The highest BCUT2D eigenvalue weighted by molar-refractivity contribution is 14.1. The van der Waals surface area contributed by atoms with Gasteiger partial charge in [-0.25, -0.2) is 8.78 Å². The van der Waals surface area contributed by atoms with Crippen molar-refractivity contribution in [3.05, 3.63) is 26.6 Å². The smallest absolute Gasteiger partial charge is 0.253 e. The van der Waals surface area contributed by atoms with Crippen LogP contribution < -0.4 is 0 Å². The van der Waals surface area contributed by atoms with Crippen molar-refractivity contribution < 1.29 is 8.78 Å². The van der Waals surface area contributed by atoms with E-state index in [-0.39, 0.29) is 21.2 Å². The summed E-state index contributed by atoms with van der Waals surface area (Å²) < 4.78 is 25.1. The highest BCUT2D eigenvalue weighted by atomic mass is 127. The van der Waals surface area contributed by atoms with Gasteiger partial charge in [0.25, 0.3) is 6.43 Å². The van der Waals surface area contributed by atoms with Crippen LogP contribution >= 0.6 is 22.6 Å². The maximum Gasteiger partial charge on any atom is 0.281 e. The van der Waals surface area contributed by atoms with E-state index in [1.54, 1.807) is 22.6 Å². The molecule has 0 fully saturated rings. The molecule has 1 heterocycles. The summed E-state index contributed by atoms with van der Waals surface area (Å²) in [6, 6.07) is 3.66. The Hall–Kier alpha value is -1.28. The lowest BCUT2D eigenvalue weighted by molar-refractivity contribution is 0.145. The molecule has 3 nitrogen and oxygen atoms in total. The van der Waals surface area contributed by atoms with E-state index >= 15 is 0 Å². The predicted molar refractivity (Wildman–Crippen MR) is 55.9 cm³/mol. The van der Waals surface area contributed by atoms with Crippen LogP contribution in [0.1, 0.15) is 23.2 Å². The van der Waals surface area contributed by atoms with Crippen molar-refractivity contribution >= 4 is 22.6 Å². The standard InChI is InChI=1S/C9H4F2IN3/c10-9(11)8-7(12)6(1-2-13)5(3-14)4-15-8/h4,9H,1H2. The van der Waals surface area contributed by atoms with Gasteiger partial charge < -0.3 is 0 Å². The van der Waals surface area contributed by atoms with Gasteiger partial charge in [-0.05, 0) is 22.6 Å². The molecule has 0 saturated carbocycles. The summed E-state index contributed by atoms with van der Waals surface area (Å²) in [6.07, 6.45) is -1.68. The molecule has 6 heteroatoms. The number of alkyl halides is 2.